The molecule has 0 N–H and O–H groups in total. The first-order chi connectivity index (χ1) is 14.7. The Bertz CT molecular complexity index is 1730. The van der Waals surface area contributed by atoms with E-state index in [0.29, 0.717) is 21.8 Å². The Labute approximate surface area is 170 Å². The molecule has 0 aliphatic carbocycles. The number of benzene rings is 6. The van der Waals surface area contributed by atoms with Gasteiger partial charge in [0.25, 0.3) is 0 Å². The molecule has 3 heteroatoms. The molecule has 0 heterocycles. The summed E-state index contributed by atoms with van der Waals surface area (Å²) in [7, 11) is 0. The summed E-state index contributed by atoms with van der Waals surface area (Å²) >= 11 is 0. The van der Waals surface area contributed by atoms with Crippen LogP contribution in [0.4, 0.5) is 14.5 Å². The monoisotopic (exact) mass is 389 g/mol. The average Bonchev–Trinajstić information content (AvgIpc) is 2.78. The molecule has 0 bridgehead atoms. The van der Waals surface area contributed by atoms with Gasteiger partial charge in [-0.05, 0) is 55.2 Å². The maximum atomic E-state index is 15.0. The number of nitrogens with zero attached hydrogens (tertiary/aromatic N) is 1. The van der Waals surface area contributed by atoms with Gasteiger partial charge in [-0.3, -0.25) is 0 Å². The highest BCUT2D eigenvalue weighted by molar-refractivity contribution is 6.26. The van der Waals surface area contributed by atoms with E-state index in [9.17, 15) is 8.78 Å². The minimum atomic E-state index is -0.361. The van der Waals surface area contributed by atoms with Crippen LogP contribution in [-0.2, 0) is 0 Å². The molecule has 0 spiro atoms. The third-order valence-corrected chi connectivity index (χ3v) is 5.99. The van der Waals surface area contributed by atoms with Gasteiger partial charge < -0.3 is 0 Å². The predicted octanol–water partition coefficient (Wildman–Crippen LogP) is 8.28. The molecule has 0 saturated heterocycles. The van der Waals surface area contributed by atoms with E-state index < -0.39 is 0 Å². The van der Waals surface area contributed by atoms with Crippen LogP contribution in [-0.4, -0.2) is 0 Å². The van der Waals surface area contributed by atoms with Gasteiger partial charge in [-0.25, -0.2) is 13.6 Å². The van der Waals surface area contributed by atoms with Gasteiger partial charge in [0.15, 0.2) is 5.69 Å². The summed E-state index contributed by atoms with van der Waals surface area (Å²) in [6.07, 6.45) is 0. The lowest BCUT2D eigenvalue weighted by molar-refractivity contribution is 0.641. The average molecular weight is 389 g/mol. The summed E-state index contributed by atoms with van der Waals surface area (Å²) in [5.41, 5.74) is 0.425. The molecular formula is C27H13F2N. The Morgan fingerprint density at radius 2 is 1.00 bits per heavy atom. The largest absolute Gasteiger partial charge is 0.237 e. The summed E-state index contributed by atoms with van der Waals surface area (Å²) in [5.74, 6) is -0.633. The molecule has 0 fully saturated rings. The summed E-state index contributed by atoms with van der Waals surface area (Å²) in [6.45, 7) is 7.50. The highest BCUT2D eigenvalue weighted by atomic mass is 19.1. The first-order valence-corrected chi connectivity index (χ1v) is 9.62. The van der Waals surface area contributed by atoms with Crippen LogP contribution in [0, 0.1) is 18.2 Å². The lowest BCUT2D eigenvalue weighted by Gasteiger charge is -2.13. The molecule has 0 aromatic heterocycles. The van der Waals surface area contributed by atoms with Crippen molar-refractivity contribution in [2.24, 2.45) is 0 Å². The fourth-order valence-electron chi connectivity index (χ4n) is 4.67. The van der Waals surface area contributed by atoms with Crippen LogP contribution in [0.3, 0.4) is 0 Å². The third-order valence-electron chi connectivity index (χ3n) is 5.99. The second kappa shape index (κ2) is 5.98. The molecule has 0 atom stereocenters. The zero-order chi connectivity index (χ0) is 20.4. The first kappa shape index (κ1) is 16.9. The van der Waals surface area contributed by atoms with Crippen molar-refractivity contribution in [1.29, 1.82) is 0 Å². The second-order valence-electron chi connectivity index (χ2n) is 7.49. The summed E-state index contributed by atoms with van der Waals surface area (Å²) in [6, 6.07) is 23.4. The van der Waals surface area contributed by atoms with Crippen LogP contribution in [0.2, 0.25) is 0 Å². The zero-order valence-electron chi connectivity index (χ0n) is 15.7. The molecule has 30 heavy (non-hydrogen) atoms. The van der Waals surface area contributed by atoms with Gasteiger partial charge >= 0.3 is 0 Å². The van der Waals surface area contributed by atoms with Gasteiger partial charge in [0.2, 0.25) is 0 Å². The Morgan fingerprint density at radius 1 is 0.500 bits per heavy atom. The fourth-order valence-corrected chi connectivity index (χ4v) is 4.67. The van der Waals surface area contributed by atoms with Crippen LogP contribution in [0.5, 0.6) is 0 Å². The van der Waals surface area contributed by atoms with Gasteiger partial charge in [0.05, 0.1) is 6.57 Å². The van der Waals surface area contributed by atoms with Gasteiger partial charge in [0, 0.05) is 10.8 Å². The molecule has 0 radical (unpaired) electrons. The van der Waals surface area contributed by atoms with Gasteiger partial charge in [-0.2, -0.15) is 0 Å². The van der Waals surface area contributed by atoms with Gasteiger partial charge in [0.1, 0.15) is 11.6 Å². The number of fused-ring (bicyclic) bond motifs is 9. The molecule has 1 nitrogen and oxygen atoms in total. The van der Waals surface area contributed by atoms with E-state index in [1.807, 2.05) is 42.5 Å². The van der Waals surface area contributed by atoms with Gasteiger partial charge in [-0.1, -0.05) is 66.7 Å². The quantitative estimate of drug-likeness (QED) is 0.182. The first-order valence-electron chi connectivity index (χ1n) is 9.62. The van der Waals surface area contributed by atoms with E-state index >= 15 is 0 Å². The Kier molecular flexibility index (Phi) is 3.37. The summed E-state index contributed by atoms with van der Waals surface area (Å²) in [5, 5.41) is 7.52. The van der Waals surface area contributed by atoms with Crippen LogP contribution in [0.15, 0.2) is 78.9 Å². The molecule has 0 saturated carbocycles. The molecule has 6 aromatic carbocycles. The number of hydrogen-bond donors (Lipinski definition) is 0. The van der Waals surface area contributed by atoms with Crippen molar-refractivity contribution in [2.75, 3.05) is 0 Å². The minimum Gasteiger partial charge on any atom is -0.237 e. The van der Waals surface area contributed by atoms with Crippen LogP contribution >= 0.6 is 0 Å². The van der Waals surface area contributed by atoms with E-state index in [4.69, 9.17) is 6.57 Å². The van der Waals surface area contributed by atoms with E-state index in [1.54, 1.807) is 30.3 Å². The fraction of sp³-hybridized carbons (Fsp3) is 0. The number of halogens is 2. The molecule has 6 aromatic rings. The van der Waals surface area contributed by atoms with Crippen molar-refractivity contribution < 1.29 is 8.78 Å². The Morgan fingerprint density at radius 3 is 1.67 bits per heavy atom. The number of hydrogen-bond acceptors (Lipinski definition) is 0. The van der Waals surface area contributed by atoms with Crippen molar-refractivity contribution in [1.82, 2.24) is 0 Å². The smallest absolute Gasteiger partial charge is 0.195 e. The van der Waals surface area contributed by atoms with E-state index in [2.05, 4.69) is 4.85 Å². The predicted molar refractivity (Wildman–Crippen MR) is 120 cm³/mol. The minimum absolute atomic E-state index is 0.273. The molecular weight excluding hydrogens is 376 g/mol. The molecule has 0 amide bonds. The SMILES string of the molecule is [C-]#[N+]c1cccc2c(F)cc3c4ccc5c6ccccc6c(F)cc5c4ccc3c12. The maximum Gasteiger partial charge on any atom is 0.195 e. The zero-order valence-corrected chi connectivity index (χ0v) is 15.7. The lowest BCUT2D eigenvalue weighted by Crippen LogP contribution is -1.88. The highest BCUT2D eigenvalue weighted by Gasteiger charge is 2.14. The van der Waals surface area contributed by atoms with Crippen molar-refractivity contribution in [3.63, 3.8) is 0 Å². The highest BCUT2D eigenvalue weighted by Crippen LogP contribution is 2.40. The van der Waals surface area contributed by atoms with Gasteiger partial charge in [-0.15, -0.1) is 0 Å². The summed E-state index contributed by atoms with van der Waals surface area (Å²) in [4.78, 5) is 3.60. The van der Waals surface area contributed by atoms with Crippen molar-refractivity contribution in [3.05, 3.63) is 102 Å². The summed E-state index contributed by atoms with van der Waals surface area (Å²) < 4.78 is 29.8. The van der Waals surface area contributed by atoms with Crippen molar-refractivity contribution >= 4 is 59.5 Å². The van der Waals surface area contributed by atoms with E-state index in [1.165, 1.54) is 6.07 Å². The Hall–Kier alpha value is -4.03. The van der Waals surface area contributed by atoms with Crippen molar-refractivity contribution in [2.45, 2.75) is 0 Å². The van der Waals surface area contributed by atoms with Crippen LogP contribution in [0.1, 0.15) is 0 Å². The van der Waals surface area contributed by atoms with E-state index in [-0.39, 0.29) is 11.6 Å². The molecule has 0 aliphatic rings. The van der Waals surface area contributed by atoms with Crippen molar-refractivity contribution in [3.8, 4) is 0 Å². The molecule has 0 unspecified atom stereocenters. The third kappa shape index (κ3) is 2.13. The standard InChI is InChI=1S/C27H13F2N/c1-30-26-8-4-7-21-25(29)14-23-18-10-9-16-15-5-2-3-6-19(15)24(28)13-22(16)17(18)11-12-20(23)27(21)26/h2-14H. The van der Waals surface area contributed by atoms with Crippen LogP contribution < -0.4 is 0 Å². The van der Waals surface area contributed by atoms with Crippen LogP contribution in [0.25, 0.3) is 58.7 Å². The molecule has 0 aliphatic heterocycles. The number of rotatable bonds is 0. The molecule has 6 rings (SSSR count). The lowest BCUT2D eigenvalue weighted by atomic mass is 9.92. The normalized spacial score (nSPS) is 11.6. The molecule has 140 valence electrons. The topological polar surface area (TPSA) is 4.36 Å². The second-order valence-corrected chi connectivity index (χ2v) is 7.49. The maximum absolute atomic E-state index is 15.0. The van der Waals surface area contributed by atoms with E-state index in [0.717, 1.165) is 37.7 Å². The Balaban J connectivity index is 1.85.